The topological polar surface area (TPSA) is 53.6 Å². The third-order valence-corrected chi connectivity index (χ3v) is 3.25. The summed E-state index contributed by atoms with van der Waals surface area (Å²) in [6, 6.07) is 0.610. The average Bonchev–Trinajstić information content (AvgIpc) is 2.88. The molecule has 2 aliphatic rings. The second-order valence-electron chi connectivity index (χ2n) is 4.55. The Morgan fingerprint density at radius 3 is 2.94 bits per heavy atom. The van der Waals surface area contributed by atoms with E-state index in [1.165, 1.54) is 6.42 Å². The van der Waals surface area contributed by atoms with Gasteiger partial charge in [0.2, 0.25) is 0 Å². The summed E-state index contributed by atoms with van der Waals surface area (Å²) < 4.78 is 5.19. The number of carbonyl (C=O) groups excluding carboxylic acids is 1. The second kappa shape index (κ2) is 5.50. The van der Waals surface area contributed by atoms with Crippen LogP contribution in [0.25, 0.3) is 0 Å². The van der Waals surface area contributed by atoms with E-state index in [1.54, 1.807) is 0 Å². The minimum atomic E-state index is -0.272. The van der Waals surface area contributed by atoms with Gasteiger partial charge in [-0.25, -0.2) is 4.79 Å². The fourth-order valence-corrected chi connectivity index (χ4v) is 2.46. The van der Waals surface area contributed by atoms with Crippen molar-refractivity contribution in [3.8, 4) is 0 Å². The standard InChI is InChI=1S/C11H21N3O2/c1-2-5-14(9-3-4-12-6-9)8-10-7-13-11(15)16-10/h9-10,12H,2-8H2,1H3,(H,13,15). The van der Waals surface area contributed by atoms with Crippen LogP contribution in [0, 0.1) is 0 Å². The highest BCUT2D eigenvalue weighted by atomic mass is 16.6. The largest absolute Gasteiger partial charge is 0.443 e. The molecule has 2 unspecified atom stereocenters. The van der Waals surface area contributed by atoms with Crippen molar-refractivity contribution in [1.82, 2.24) is 15.5 Å². The van der Waals surface area contributed by atoms with E-state index in [0.29, 0.717) is 12.6 Å². The first-order valence-corrected chi connectivity index (χ1v) is 6.19. The predicted octanol–water partition coefficient (Wildman–Crippen LogP) is 0.169. The molecular weight excluding hydrogens is 206 g/mol. The summed E-state index contributed by atoms with van der Waals surface area (Å²) in [5.41, 5.74) is 0. The number of hydrogen-bond acceptors (Lipinski definition) is 4. The maximum absolute atomic E-state index is 10.9. The molecule has 2 atom stereocenters. The smallest absolute Gasteiger partial charge is 0.407 e. The van der Waals surface area contributed by atoms with Crippen LogP contribution in [-0.2, 0) is 4.74 Å². The first kappa shape index (κ1) is 11.7. The highest BCUT2D eigenvalue weighted by molar-refractivity contribution is 5.69. The van der Waals surface area contributed by atoms with Gasteiger partial charge in [-0.15, -0.1) is 0 Å². The van der Waals surface area contributed by atoms with E-state index in [0.717, 1.165) is 32.6 Å². The van der Waals surface area contributed by atoms with Gasteiger partial charge in [-0.2, -0.15) is 0 Å². The van der Waals surface area contributed by atoms with Crippen LogP contribution in [0.15, 0.2) is 0 Å². The summed E-state index contributed by atoms with van der Waals surface area (Å²) in [7, 11) is 0. The number of nitrogens with one attached hydrogen (secondary N) is 2. The van der Waals surface area contributed by atoms with E-state index in [4.69, 9.17) is 4.74 Å². The van der Waals surface area contributed by atoms with Gasteiger partial charge in [0.05, 0.1) is 6.54 Å². The van der Waals surface area contributed by atoms with Crippen molar-refractivity contribution >= 4 is 6.09 Å². The molecule has 0 spiro atoms. The average molecular weight is 227 g/mol. The highest BCUT2D eigenvalue weighted by Crippen LogP contribution is 2.12. The van der Waals surface area contributed by atoms with Gasteiger partial charge in [0.1, 0.15) is 6.10 Å². The molecule has 2 fully saturated rings. The summed E-state index contributed by atoms with van der Waals surface area (Å²) in [5.74, 6) is 0. The molecule has 0 radical (unpaired) electrons. The molecule has 0 aromatic heterocycles. The number of cyclic esters (lactones) is 1. The molecule has 0 bridgehead atoms. The minimum absolute atomic E-state index is 0.0275. The SMILES string of the molecule is CCCN(CC1CNC(=O)O1)C1CCNC1. The summed E-state index contributed by atoms with van der Waals surface area (Å²) in [4.78, 5) is 13.4. The summed E-state index contributed by atoms with van der Waals surface area (Å²) in [5, 5.41) is 6.08. The van der Waals surface area contributed by atoms with Crippen LogP contribution < -0.4 is 10.6 Å². The molecule has 0 aliphatic carbocycles. The van der Waals surface area contributed by atoms with Crippen molar-refractivity contribution < 1.29 is 9.53 Å². The van der Waals surface area contributed by atoms with Gasteiger partial charge in [-0.05, 0) is 25.9 Å². The van der Waals surface area contributed by atoms with Crippen molar-refractivity contribution in [1.29, 1.82) is 0 Å². The van der Waals surface area contributed by atoms with Crippen LogP contribution in [0.3, 0.4) is 0 Å². The van der Waals surface area contributed by atoms with E-state index in [1.807, 2.05) is 0 Å². The van der Waals surface area contributed by atoms with Gasteiger partial charge in [0.25, 0.3) is 0 Å². The molecule has 2 saturated heterocycles. The van der Waals surface area contributed by atoms with Gasteiger partial charge >= 0.3 is 6.09 Å². The highest BCUT2D eigenvalue weighted by Gasteiger charge is 2.28. The Labute approximate surface area is 96.5 Å². The van der Waals surface area contributed by atoms with Gasteiger partial charge < -0.3 is 15.4 Å². The molecule has 5 nitrogen and oxygen atoms in total. The molecule has 92 valence electrons. The molecule has 16 heavy (non-hydrogen) atoms. The lowest BCUT2D eigenvalue weighted by atomic mass is 10.2. The fourth-order valence-electron chi connectivity index (χ4n) is 2.46. The lowest BCUT2D eigenvalue weighted by Gasteiger charge is -2.29. The molecule has 5 heteroatoms. The first-order chi connectivity index (χ1) is 7.79. The van der Waals surface area contributed by atoms with Crippen molar-refractivity contribution in [2.75, 3.05) is 32.7 Å². The van der Waals surface area contributed by atoms with E-state index >= 15 is 0 Å². The number of hydrogen-bond donors (Lipinski definition) is 2. The fraction of sp³-hybridized carbons (Fsp3) is 0.909. The molecule has 0 saturated carbocycles. The van der Waals surface area contributed by atoms with Crippen molar-refractivity contribution in [2.45, 2.75) is 31.9 Å². The number of carbonyl (C=O) groups is 1. The number of rotatable bonds is 5. The van der Waals surface area contributed by atoms with Gasteiger partial charge in [-0.3, -0.25) is 4.90 Å². The van der Waals surface area contributed by atoms with Crippen LogP contribution in [-0.4, -0.2) is 55.9 Å². The molecule has 2 aliphatic heterocycles. The zero-order valence-corrected chi connectivity index (χ0v) is 9.87. The monoisotopic (exact) mass is 227 g/mol. The van der Waals surface area contributed by atoms with E-state index in [-0.39, 0.29) is 12.2 Å². The van der Waals surface area contributed by atoms with Gasteiger partial charge in [0, 0.05) is 19.1 Å². The van der Waals surface area contributed by atoms with Crippen LogP contribution >= 0.6 is 0 Å². The van der Waals surface area contributed by atoms with Crippen LogP contribution in [0.5, 0.6) is 0 Å². The summed E-state index contributed by atoms with van der Waals surface area (Å²) >= 11 is 0. The van der Waals surface area contributed by atoms with Gasteiger partial charge in [0.15, 0.2) is 0 Å². The Bertz CT molecular complexity index is 241. The molecule has 2 N–H and O–H groups in total. The minimum Gasteiger partial charge on any atom is -0.443 e. The van der Waals surface area contributed by atoms with E-state index < -0.39 is 0 Å². The molecule has 1 amide bonds. The third kappa shape index (κ3) is 2.86. The number of nitrogens with zero attached hydrogens (tertiary/aromatic N) is 1. The third-order valence-electron chi connectivity index (χ3n) is 3.25. The Morgan fingerprint density at radius 1 is 1.50 bits per heavy atom. The lowest BCUT2D eigenvalue weighted by Crippen LogP contribution is -2.43. The Morgan fingerprint density at radius 2 is 2.38 bits per heavy atom. The van der Waals surface area contributed by atoms with Crippen molar-refractivity contribution in [2.24, 2.45) is 0 Å². The quantitative estimate of drug-likeness (QED) is 0.703. The normalized spacial score (nSPS) is 29.5. The Balaban J connectivity index is 1.84. The van der Waals surface area contributed by atoms with E-state index in [9.17, 15) is 4.79 Å². The maximum Gasteiger partial charge on any atom is 0.407 e. The summed E-state index contributed by atoms with van der Waals surface area (Å²) in [6.45, 7) is 6.95. The number of amides is 1. The molecule has 0 aromatic rings. The van der Waals surface area contributed by atoms with Crippen molar-refractivity contribution in [3.05, 3.63) is 0 Å². The molecule has 2 heterocycles. The number of alkyl carbamates (subject to hydrolysis) is 1. The van der Waals surface area contributed by atoms with Crippen LogP contribution in [0.4, 0.5) is 4.79 Å². The van der Waals surface area contributed by atoms with Gasteiger partial charge in [-0.1, -0.05) is 6.92 Å². The molecule has 0 aromatic carbocycles. The molecule has 2 rings (SSSR count). The zero-order valence-electron chi connectivity index (χ0n) is 9.87. The van der Waals surface area contributed by atoms with E-state index in [2.05, 4.69) is 22.5 Å². The number of ether oxygens (including phenoxy) is 1. The lowest BCUT2D eigenvalue weighted by molar-refractivity contribution is 0.0929. The first-order valence-electron chi connectivity index (χ1n) is 6.19. The van der Waals surface area contributed by atoms with Crippen molar-refractivity contribution in [3.63, 3.8) is 0 Å². The Kier molecular flexibility index (Phi) is 4.01. The maximum atomic E-state index is 10.9. The zero-order chi connectivity index (χ0) is 11.4. The summed E-state index contributed by atoms with van der Waals surface area (Å²) in [6.07, 6.45) is 2.10. The van der Waals surface area contributed by atoms with Crippen LogP contribution in [0.2, 0.25) is 0 Å². The molecular formula is C11H21N3O2. The second-order valence-corrected chi connectivity index (χ2v) is 4.55. The Hall–Kier alpha value is -0.810. The van der Waals surface area contributed by atoms with Crippen LogP contribution in [0.1, 0.15) is 19.8 Å². The predicted molar refractivity (Wildman–Crippen MR) is 61.4 cm³/mol.